The smallest absolute Gasteiger partial charge is 0.256 e. The van der Waals surface area contributed by atoms with Crippen LogP contribution in [0.3, 0.4) is 0 Å². The zero-order valence-corrected chi connectivity index (χ0v) is 23.3. The van der Waals surface area contributed by atoms with Crippen LogP contribution in [0.2, 0.25) is 5.02 Å². The summed E-state index contributed by atoms with van der Waals surface area (Å²) in [6.45, 7) is 4.45. The van der Waals surface area contributed by atoms with Gasteiger partial charge in [-0.15, -0.1) is 0 Å². The van der Waals surface area contributed by atoms with Crippen LogP contribution in [0.4, 0.5) is 17.3 Å². The molecule has 11 nitrogen and oxygen atoms in total. The van der Waals surface area contributed by atoms with Crippen molar-refractivity contribution in [1.29, 1.82) is 0 Å². The van der Waals surface area contributed by atoms with E-state index in [0.717, 1.165) is 49.7 Å². The monoisotopic (exact) mass is 573 g/mol. The number of aromatic nitrogens is 3. The van der Waals surface area contributed by atoms with Crippen LogP contribution in [-0.4, -0.2) is 93.0 Å². The van der Waals surface area contributed by atoms with E-state index < -0.39 is 11.0 Å². The first kappa shape index (κ1) is 26.3. The number of likely N-dealkylation sites (tertiary alicyclic amines) is 1. The molecule has 5 heterocycles. The number of fused-ring (bicyclic) bond motifs is 1. The molecule has 0 radical (unpaired) electrons. The van der Waals surface area contributed by atoms with Crippen LogP contribution >= 0.6 is 11.6 Å². The lowest BCUT2D eigenvalue weighted by Crippen LogP contribution is -2.51. The number of anilines is 3. The highest BCUT2D eigenvalue weighted by molar-refractivity contribution is 7.85. The van der Waals surface area contributed by atoms with Gasteiger partial charge in [0.2, 0.25) is 0 Å². The lowest BCUT2D eigenvalue weighted by atomic mass is 9.98. The van der Waals surface area contributed by atoms with Gasteiger partial charge in [-0.05, 0) is 37.5 Å². The molecule has 2 aromatic heterocycles. The molecule has 0 bridgehead atoms. The van der Waals surface area contributed by atoms with Crippen molar-refractivity contribution >= 4 is 51.5 Å². The lowest BCUT2D eigenvalue weighted by Gasteiger charge is -2.37. The molecule has 2 unspecified atom stereocenters. The molecule has 3 fully saturated rings. The number of hydrogen-bond donors (Lipinski definition) is 2. The Morgan fingerprint density at radius 2 is 1.92 bits per heavy atom. The molecule has 3 aromatic rings. The molecule has 0 spiro atoms. The number of rotatable bonds is 6. The maximum atomic E-state index is 13.9. The van der Waals surface area contributed by atoms with Gasteiger partial charge in [-0.2, -0.15) is 9.61 Å². The number of morpholine rings is 1. The summed E-state index contributed by atoms with van der Waals surface area (Å²) in [6.07, 6.45) is 3.82. The topological polar surface area (TPSA) is 116 Å². The Bertz CT molecular complexity index is 1410. The van der Waals surface area contributed by atoms with E-state index in [9.17, 15) is 14.1 Å². The van der Waals surface area contributed by atoms with Crippen molar-refractivity contribution in [3.63, 3.8) is 0 Å². The number of halogens is 1. The minimum absolute atomic E-state index is 0.177. The van der Waals surface area contributed by atoms with Gasteiger partial charge < -0.3 is 29.3 Å². The average molecular weight is 574 g/mol. The molecule has 3 aliphatic rings. The van der Waals surface area contributed by atoms with E-state index in [1.54, 1.807) is 18.2 Å². The Labute approximate surface area is 234 Å². The number of β-amino-alcohol motifs (C(OH)–C–C–N with tert-alkyl or cyclic N) is 1. The number of aliphatic hydroxyl groups is 1. The zero-order chi connectivity index (χ0) is 27.1. The van der Waals surface area contributed by atoms with Crippen LogP contribution in [0.25, 0.3) is 5.65 Å². The van der Waals surface area contributed by atoms with Crippen molar-refractivity contribution in [2.24, 2.45) is 0 Å². The predicted octanol–water partition coefficient (Wildman–Crippen LogP) is 2.47. The Morgan fingerprint density at radius 1 is 1.13 bits per heavy atom. The van der Waals surface area contributed by atoms with Gasteiger partial charge in [0.25, 0.3) is 5.91 Å². The zero-order valence-electron chi connectivity index (χ0n) is 21.8. The Kier molecular flexibility index (Phi) is 7.36. The molecule has 3 aliphatic heterocycles. The lowest BCUT2D eigenvalue weighted by molar-refractivity contribution is 0.0606. The van der Waals surface area contributed by atoms with E-state index >= 15 is 0 Å². The third kappa shape index (κ3) is 5.30. The third-order valence-electron chi connectivity index (χ3n) is 7.51. The van der Waals surface area contributed by atoms with E-state index in [0.29, 0.717) is 54.8 Å². The van der Waals surface area contributed by atoms with Crippen molar-refractivity contribution < 1.29 is 18.8 Å². The highest BCUT2D eigenvalue weighted by Crippen LogP contribution is 2.35. The van der Waals surface area contributed by atoms with Crippen molar-refractivity contribution in [3.05, 3.63) is 46.6 Å². The number of nitrogens with one attached hydrogen (secondary N) is 1. The number of carbonyl (C=O) groups is 1. The second-order valence-corrected chi connectivity index (χ2v) is 11.8. The summed E-state index contributed by atoms with van der Waals surface area (Å²) in [4.78, 5) is 24.9. The molecular weight excluding hydrogens is 542 g/mol. The van der Waals surface area contributed by atoms with Gasteiger partial charge in [-0.1, -0.05) is 11.6 Å². The second kappa shape index (κ2) is 10.9. The summed E-state index contributed by atoms with van der Waals surface area (Å²) < 4.78 is 22.2. The molecule has 208 valence electrons. The predicted molar refractivity (Wildman–Crippen MR) is 151 cm³/mol. The average Bonchev–Trinajstić information content (AvgIpc) is 3.36. The highest BCUT2D eigenvalue weighted by atomic mass is 35.5. The van der Waals surface area contributed by atoms with Crippen LogP contribution in [0.5, 0.6) is 0 Å². The normalized spacial score (nSPS) is 21.2. The Hall–Kier alpha value is -2.93. The molecule has 2 N–H and O–H groups in total. The number of aliphatic hydroxyl groups excluding tert-OH is 1. The van der Waals surface area contributed by atoms with Gasteiger partial charge >= 0.3 is 0 Å². The molecule has 6 rings (SSSR count). The molecule has 0 saturated carbocycles. The summed E-state index contributed by atoms with van der Waals surface area (Å²) in [6, 6.07) is 8.75. The first-order valence-corrected chi connectivity index (χ1v) is 15.2. The number of piperidine rings is 1. The van der Waals surface area contributed by atoms with E-state index in [2.05, 4.69) is 14.5 Å². The first-order valence-electron chi connectivity index (χ1n) is 13.2. The molecule has 1 amide bonds. The summed E-state index contributed by atoms with van der Waals surface area (Å²) in [7, 11) is -1.34. The fraction of sp³-hybridized carbons (Fsp3) is 0.500. The largest absolute Gasteiger partial charge is 0.389 e. The van der Waals surface area contributed by atoms with E-state index in [4.69, 9.17) is 26.4 Å². The number of hydrogen-bond acceptors (Lipinski definition) is 8. The second-order valence-electron chi connectivity index (χ2n) is 10.2. The molecule has 39 heavy (non-hydrogen) atoms. The van der Waals surface area contributed by atoms with Crippen LogP contribution in [0.15, 0.2) is 30.3 Å². The Morgan fingerprint density at radius 3 is 2.67 bits per heavy atom. The number of benzene rings is 1. The SMILES string of the molecule is CS(=O)Nc1ccc(Cl)cc1C(=O)N1CCCCC1c1cc2nc(N3CC(O)C3)cc(N3CCOCC3)n2n1. The van der Waals surface area contributed by atoms with Gasteiger partial charge in [0.15, 0.2) is 5.65 Å². The maximum absolute atomic E-state index is 13.9. The van der Waals surface area contributed by atoms with Crippen LogP contribution in [0, 0.1) is 0 Å². The number of carbonyl (C=O) groups excluding carboxylic acids is 1. The highest BCUT2D eigenvalue weighted by Gasteiger charge is 2.33. The van der Waals surface area contributed by atoms with Crippen LogP contribution in [0.1, 0.15) is 41.4 Å². The van der Waals surface area contributed by atoms with E-state index in [-0.39, 0.29) is 18.1 Å². The molecular formula is C26H32ClN7O4S. The number of ether oxygens (including phenoxy) is 1. The molecule has 0 aliphatic carbocycles. The van der Waals surface area contributed by atoms with Crippen molar-refractivity contribution in [2.45, 2.75) is 31.4 Å². The number of amides is 1. The maximum Gasteiger partial charge on any atom is 0.256 e. The van der Waals surface area contributed by atoms with Crippen LogP contribution in [-0.2, 0) is 15.7 Å². The molecule has 1 aromatic carbocycles. The van der Waals surface area contributed by atoms with E-state index in [1.165, 1.54) is 6.26 Å². The minimum Gasteiger partial charge on any atom is -0.389 e. The summed E-state index contributed by atoms with van der Waals surface area (Å²) in [5.74, 6) is 1.55. The minimum atomic E-state index is -1.34. The third-order valence-corrected chi connectivity index (χ3v) is 8.25. The standard InChI is InChI=1S/C26H32ClN7O4S/c1-39(37)30-20-6-5-17(27)12-19(20)26(36)33-7-3-2-4-22(33)21-13-24-28-23(32-15-18(35)16-32)14-25(34(24)29-21)31-8-10-38-11-9-31/h5-6,12-14,18,22,30,35H,2-4,7-11,15-16H2,1H3. The van der Waals surface area contributed by atoms with Crippen molar-refractivity contribution in [3.8, 4) is 0 Å². The quantitative estimate of drug-likeness (QED) is 0.462. The van der Waals surface area contributed by atoms with Crippen molar-refractivity contribution in [1.82, 2.24) is 19.5 Å². The van der Waals surface area contributed by atoms with Crippen molar-refractivity contribution in [2.75, 3.05) is 66.7 Å². The summed E-state index contributed by atoms with van der Waals surface area (Å²) >= 11 is 6.27. The molecule has 13 heteroatoms. The summed E-state index contributed by atoms with van der Waals surface area (Å²) in [5.41, 5.74) is 2.36. The molecule has 2 atom stereocenters. The fourth-order valence-electron chi connectivity index (χ4n) is 5.52. The first-order chi connectivity index (χ1) is 18.9. The van der Waals surface area contributed by atoms with Gasteiger partial charge in [-0.25, -0.2) is 9.19 Å². The van der Waals surface area contributed by atoms with Gasteiger partial charge in [0, 0.05) is 56.1 Å². The fourth-order valence-corrected chi connectivity index (χ4v) is 6.18. The molecule has 3 saturated heterocycles. The number of nitrogens with zero attached hydrogens (tertiary/aromatic N) is 6. The van der Waals surface area contributed by atoms with Gasteiger partial charge in [0.1, 0.15) is 22.6 Å². The summed E-state index contributed by atoms with van der Waals surface area (Å²) in [5, 5.41) is 15.3. The van der Waals surface area contributed by atoms with Gasteiger partial charge in [-0.3, -0.25) is 4.79 Å². The van der Waals surface area contributed by atoms with Crippen LogP contribution < -0.4 is 14.5 Å². The van der Waals surface area contributed by atoms with Gasteiger partial charge in [0.05, 0.1) is 42.3 Å². The Balaban J connectivity index is 1.38. The van der Waals surface area contributed by atoms with E-state index in [1.807, 2.05) is 21.5 Å².